The van der Waals surface area contributed by atoms with Gasteiger partial charge in [-0.15, -0.1) is 0 Å². The number of nitrogens with one attached hydrogen (secondary N) is 3. The third-order valence-electron chi connectivity index (χ3n) is 6.56. The highest BCUT2D eigenvalue weighted by molar-refractivity contribution is 6.05. The molecule has 2 aromatic carbocycles. The number of hydrogen-bond acceptors (Lipinski definition) is 6. The smallest absolute Gasteiger partial charge is 0.261 e. The molecule has 8 heteroatoms. The number of rotatable bonds is 5. The van der Waals surface area contributed by atoms with E-state index in [9.17, 15) is 4.79 Å². The fourth-order valence-electron chi connectivity index (χ4n) is 4.76. The van der Waals surface area contributed by atoms with Gasteiger partial charge in [-0.05, 0) is 51.1 Å². The molecule has 5 N–H and O–H groups in total. The van der Waals surface area contributed by atoms with E-state index in [1.165, 1.54) is 0 Å². The number of piperazine rings is 1. The van der Waals surface area contributed by atoms with Gasteiger partial charge in [-0.25, -0.2) is 4.98 Å². The zero-order chi connectivity index (χ0) is 23.1. The molecule has 33 heavy (non-hydrogen) atoms. The lowest BCUT2D eigenvalue weighted by atomic mass is 10.1. The van der Waals surface area contributed by atoms with E-state index in [4.69, 9.17) is 10.7 Å². The van der Waals surface area contributed by atoms with E-state index in [1.54, 1.807) is 0 Å². The summed E-state index contributed by atoms with van der Waals surface area (Å²) in [6.07, 6.45) is 0. The number of aromatic amines is 2. The summed E-state index contributed by atoms with van der Waals surface area (Å²) in [6.45, 7) is 11.4. The molecule has 1 saturated heterocycles. The van der Waals surface area contributed by atoms with Gasteiger partial charge >= 0.3 is 0 Å². The van der Waals surface area contributed by atoms with Gasteiger partial charge in [-0.3, -0.25) is 9.69 Å². The van der Waals surface area contributed by atoms with Crippen molar-refractivity contribution in [1.29, 1.82) is 0 Å². The lowest BCUT2D eigenvalue weighted by Gasteiger charge is -2.38. The molecule has 0 aliphatic carbocycles. The Hall–Kier alpha value is -3.52. The minimum Gasteiger partial charge on any atom is -0.397 e. The highest BCUT2D eigenvalue weighted by Crippen LogP contribution is 2.33. The molecule has 3 heterocycles. The third-order valence-corrected chi connectivity index (χ3v) is 6.56. The number of fused-ring (bicyclic) bond motifs is 2. The lowest BCUT2D eigenvalue weighted by molar-refractivity contribution is 0.209. The molecule has 0 amide bonds. The van der Waals surface area contributed by atoms with Crippen molar-refractivity contribution in [2.24, 2.45) is 0 Å². The second-order valence-corrected chi connectivity index (χ2v) is 8.90. The molecular weight excluding hydrogens is 414 g/mol. The van der Waals surface area contributed by atoms with Crippen LogP contribution in [0.25, 0.3) is 33.3 Å². The standard InChI is InChI=1S/C25H31N7O/c1-4-27-18-6-5-7-19-21(18)23(26)22(25(33)30-19)24-28-17-9-8-16(14-20(17)29-24)32-12-10-31(11-13-32)15(2)3/h5-9,14-15,27H,4,10-13H2,1-3H3,(H,28,29)(H3,26,30,33). The van der Waals surface area contributed by atoms with Crippen molar-refractivity contribution >= 4 is 39.0 Å². The Bertz CT molecular complexity index is 1360. The maximum absolute atomic E-state index is 13.0. The number of nitrogens with zero attached hydrogens (tertiary/aromatic N) is 3. The van der Waals surface area contributed by atoms with E-state index in [1.807, 2.05) is 31.2 Å². The van der Waals surface area contributed by atoms with Crippen molar-refractivity contribution in [2.45, 2.75) is 26.8 Å². The first kappa shape index (κ1) is 21.3. The van der Waals surface area contributed by atoms with Crippen molar-refractivity contribution in [3.05, 3.63) is 46.8 Å². The number of nitrogens with two attached hydrogens (primary N) is 1. The van der Waals surface area contributed by atoms with Gasteiger partial charge in [-0.2, -0.15) is 0 Å². The fraction of sp³-hybridized carbons (Fsp3) is 0.360. The highest BCUT2D eigenvalue weighted by Gasteiger charge is 2.21. The number of anilines is 3. The van der Waals surface area contributed by atoms with E-state index in [0.29, 0.717) is 28.6 Å². The molecule has 8 nitrogen and oxygen atoms in total. The Labute approximate surface area is 192 Å². The third kappa shape index (κ3) is 3.80. The molecule has 0 unspecified atom stereocenters. The summed E-state index contributed by atoms with van der Waals surface area (Å²) in [5, 5.41) is 4.13. The van der Waals surface area contributed by atoms with Crippen LogP contribution in [0, 0.1) is 0 Å². The Balaban J connectivity index is 1.53. The first-order valence-electron chi connectivity index (χ1n) is 11.6. The molecule has 0 bridgehead atoms. The average molecular weight is 446 g/mol. The van der Waals surface area contributed by atoms with Crippen LogP contribution in [-0.2, 0) is 0 Å². The summed E-state index contributed by atoms with van der Waals surface area (Å²) in [7, 11) is 0. The second kappa shape index (κ2) is 8.44. The Morgan fingerprint density at radius 2 is 1.88 bits per heavy atom. The summed E-state index contributed by atoms with van der Waals surface area (Å²) < 4.78 is 0. The topological polar surface area (TPSA) is 106 Å². The van der Waals surface area contributed by atoms with E-state index >= 15 is 0 Å². The van der Waals surface area contributed by atoms with Crippen molar-refractivity contribution in [1.82, 2.24) is 19.9 Å². The molecule has 0 atom stereocenters. The molecule has 0 radical (unpaired) electrons. The number of benzene rings is 2. The van der Waals surface area contributed by atoms with Crippen LogP contribution < -0.4 is 21.5 Å². The minimum atomic E-state index is -0.252. The quantitative estimate of drug-likeness (QED) is 0.374. The highest BCUT2D eigenvalue weighted by atomic mass is 16.1. The Morgan fingerprint density at radius 3 is 2.61 bits per heavy atom. The molecule has 1 aliphatic rings. The van der Waals surface area contributed by atoms with Crippen LogP contribution >= 0.6 is 0 Å². The van der Waals surface area contributed by atoms with Crippen molar-refractivity contribution in [2.75, 3.05) is 48.7 Å². The van der Waals surface area contributed by atoms with E-state index in [0.717, 1.165) is 60.5 Å². The summed E-state index contributed by atoms with van der Waals surface area (Å²) in [4.78, 5) is 28.9. The average Bonchev–Trinajstić information content (AvgIpc) is 3.22. The van der Waals surface area contributed by atoms with Crippen LogP contribution in [0.4, 0.5) is 17.1 Å². The molecule has 4 aromatic rings. The fourth-order valence-corrected chi connectivity index (χ4v) is 4.76. The van der Waals surface area contributed by atoms with Crippen LogP contribution in [0.1, 0.15) is 20.8 Å². The first-order chi connectivity index (χ1) is 16.0. The Kier molecular flexibility index (Phi) is 5.46. The molecule has 0 spiro atoms. The largest absolute Gasteiger partial charge is 0.397 e. The number of nitrogen functional groups attached to an aromatic ring is 1. The Morgan fingerprint density at radius 1 is 1.09 bits per heavy atom. The second-order valence-electron chi connectivity index (χ2n) is 8.90. The van der Waals surface area contributed by atoms with Gasteiger partial charge in [0.15, 0.2) is 0 Å². The van der Waals surface area contributed by atoms with Gasteiger partial charge in [0.2, 0.25) is 0 Å². The molecular formula is C25H31N7O. The van der Waals surface area contributed by atoms with Gasteiger partial charge < -0.3 is 25.9 Å². The molecule has 172 valence electrons. The molecule has 1 fully saturated rings. The van der Waals surface area contributed by atoms with Crippen LogP contribution in [0.5, 0.6) is 0 Å². The van der Waals surface area contributed by atoms with Crippen molar-refractivity contribution in [3.63, 3.8) is 0 Å². The van der Waals surface area contributed by atoms with Crippen molar-refractivity contribution in [3.8, 4) is 11.4 Å². The van der Waals surface area contributed by atoms with E-state index in [2.05, 4.69) is 51.1 Å². The lowest BCUT2D eigenvalue weighted by Crippen LogP contribution is -2.48. The van der Waals surface area contributed by atoms with Gasteiger partial charge in [0, 0.05) is 55.5 Å². The predicted molar refractivity (Wildman–Crippen MR) is 137 cm³/mol. The molecule has 1 aliphatic heterocycles. The zero-order valence-electron chi connectivity index (χ0n) is 19.4. The number of aromatic nitrogens is 3. The summed E-state index contributed by atoms with van der Waals surface area (Å²) in [5.74, 6) is 0.485. The summed E-state index contributed by atoms with van der Waals surface area (Å²) >= 11 is 0. The van der Waals surface area contributed by atoms with Crippen LogP contribution in [0.15, 0.2) is 41.2 Å². The minimum absolute atomic E-state index is 0.252. The van der Waals surface area contributed by atoms with E-state index < -0.39 is 0 Å². The molecule has 0 saturated carbocycles. The van der Waals surface area contributed by atoms with Crippen LogP contribution in [0.3, 0.4) is 0 Å². The van der Waals surface area contributed by atoms with Gasteiger partial charge in [0.1, 0.15) is 11.4 Å². The van der Waals surface area contributed by atoms with E-state index in [-0.39, 0.29) is 5.56 Å². The summed E-state index contributed by atoms with van der Waals surface area (Å²) in [5.41, 5.74) is 11.6. The first-order valence-corrected chi connectivity index (χ1v) is 11.6. The number of hydrogen-bond donors (Lipinski definition) is 4. The maximum atomic E-state index is 13.0. The predicted octanol–water partition coefficient (Wildman–Crippen LogP) is 3.62. The van der Waals surface area contributed by atoms with Crippen LogP contribution in [-0.4, -0.2) is 58.6 Å². The summed E-state index contributed by atoms with van der Waals surface area (Å²) in [6, 6.07) is 12.5. The number of pyridine rings is 1. The van der Waals surface area contributed by atoms with Crippen molar-refractivity contribution < 1.29 is 0 Å². The number of imidazole rings is 1. The zero-order valence-corrected chi connectivity index (χ0v) is 19.4. The van der Waals surface area contributed by atoms with Gasteiger partial charge in [-0.1, -0.05) is 6.07 Å². The molecule has 2 aromatic heterocycles. The SMILES string of the molecule is CCNc1cccc2[nH]c(=O)c(-c3nc4ccc(N5CCN(C(C)C)CC5)cc4[nH]3)c(N)c12. The molecule has 5 rings (SSSR count). The van der Waals surface area contributed by atoms with Crippen LogP contribution in [0.2, 0.25) is 0 Å². The normalized spacial score (nSPS) is 15.1. The van der Waals surface area contributed by atoms with Gasteiger partial charge in [0.25, 0.3) is 5.56 Å². The maximum Gasteiger partial charge on any atom is 0.261 e. The van der Waals surface area contributed by atoms with Gasteiger partial charge in [0.05, 0.1) is 22.2 Å². The monoisotopic (exact) mass is 445 g/mol. The number of H-pyrrole nitrogens is 2.